The lowest BCUT2D eigenvalue weighted by atomic mass is 10.1. The first-order chi connectivity index (χ1) is 8.53. The highest BCUT2D eigenvalue weighted by Gasteiger charge is 2.16. The van der Waals surface area contributed by atoms with Crippen molar-refractivity contribution in [3.05, 3.63) is 17.7 Å². The predicted molar refractivity (Wildman–Crippen MR) is 70.1 cm³/mol. The number of rotatable bonds is 6. The molecule has 100 valence electrons. The molecular formula is C13H17ClO4. The van der Waals surface area contributed by atoms with Crippen molar-refractivity contribution in [3.63, 3.8) is 0 Å². The van der Waals surface area contributed by atoms with E-state index in [1.165, 1.54) is 6.92 Å². The summed E-state index contributed by atoms with van der Waals surface area (Å²) in [5, 5.41) is -0.548. The van der Waals surface area contributed by atoms with Gasteiger partial charge in [-0.25, -0.2) is 0 Å². The number of ether oxygens (including phenoxy) is 3. The number of hydrogen-bond donors (Lipinski definition) is 0. The number of halogens is 1. The van der Waals surface area contributed by atoms with Crippen molar-refractivity contribution in [2.75, 3.05) is 21.3 Å². The zero-order chi connectivity index (χ0) is 13.7. The van der Waals surface area contributed by atoms with Gasteiger partial charge in [0.25, 0.3) is 0 Å². The third-order valence-electron chi connectivity index (χ3n) is 2.58. The second-order valence-electron chi connectivity index (χ2n) is 3.82. The van der Waals surface area contributed by atoms with Crippen LogP contribution in [0.1, 0.15) is 12.5 Å². The van der Waals surface area contributed by atoms with Gasteiger partial charge in [0.2, 0.25) is 5.75 Å². The number of methoxy groups -OCH3 is 3. The van der Waals surface area contributed by atoms with Crippen molar-refractivity contribution in [1.29, 1.82) is 0 Å². The average Bonchev–Trinajstić information content (AvgIpc) is 2.37. The third-order valence-corrected chi connectivity index (χ3v) is 3.04. The SMILES string of the molecule is COc1cc(CC(Cl)C(C)=O)cc(OC)c1OC. The van der Waals surface area contributed by atoms with Gasteiger partial charge in [0.05, 0.1) is 26.7 Å². The highest BCUT2D eigenvalue weighted by molar-refractivity contribution is 6.30. The summed E-state index contributed by atoms with van der Waals surface area (Å²) in [6, 6.07) is 3.58. The Hall–Kier alpha value is -1.42. The largest absolute Gasteiger partial charge is 0.493 e. The summed E-state index contributed by atoms with van der Waals surface area (Å²) in [7, 11) is 4.63. The van der Waals surface area contributed by atoms with E-state index in [0.717, 1.165) is 5.56 Å². The number of carbonyl (C=O) groups is 1. The molecule has 0 N–H and O–H groups in total. The molecule has 0 amide bonds. The monoisotopic (exact) mass is 272 g/mol. The molecule has 1 unspecified atom stereocenters. The molecule has 1 aromatic rings. The van der Waals surface area contributed by atoms with Gasteiger partial charge in [-0.15, -0.1) is 11.6 Å². The topological polar surface area (TPSA) is 44.8 Å². The summed E-state index contributed by atoms with van der Waals surface area (Å²) >= 11 is 5.95. The summed E-state index contributed by atoms with van der Waals surface area (Å²) in [5.41, 5.74) is 0.861. The highest BCUT2D eigenvalue weighted by Crippen LogP contribution is 2.38. The summed E-state index contributed by atoms with van der Waals surface area (Å²) in [4.78, 5) is 11.2. The number of alkyl halides is 1. The minimum Gasteiger partial charge on any atom is -0.493 e. The number of hydrogen-bond acceptors (Lipinski definition) is 4. The second-order valence-corrected chi connectivity index (χ2v) is 4.34. The van der Waals surface area contributed by atoms with E-state index in [2.05, 4.69) is 0 Å². The molecule has 0 aliphatic carbocycles. The molecule has 0 saturated carbocycles. The van der Waals surface area contributed by atoms with Gasteiger partial charge in [-0.2, -0.15) is 0 Å². The van der Waals surface area contributed by atoms with E-state index < -0.39 is 5.38 Å². The van der Waals surface area contributed by atoms with E-state index in [0.29, 0.717) is 23.7 Å². The Balaban J connectivity index is 3.11. The molecular weight excluding hydrogens is 256 g/mol. The normalized spacial score (nSPS) is 11.8. The zero-order valence-electron chi connectivity index (χ0n) is 11.0. The van der Waals surface area contributed by atoms with E-state index in [1.54, 1.807) is 33.5 Å². The van der Waals surface area contributed by atoms with Crippen LogP contribution in [0.3, 0.4) is 0 Å². The molecule has 1 atom stereocenters. The minimum atomic E-state index is -0.548. The van der Waals surface area contributed by atoms with Crippen LogP contribution < -0.4 is 14.2 Å². The summed E-state index contributed by atoms with van der Waals surface area (Å²) in [5.74, 6) is 1.57. The van der Waals surface area contributed by atoms with E-state index in [9.17, 15) is 4.79 Å². The van der Waals surface area contributed by atoms with E-state index in [1.807, 2.05) is 0 Å². The quantitative estimate of drug-likeness (QED) is 0.746. The fraction of sp³-hybridized carbons (Fsp3) is 0.462. The lowest BCUT2D eigenvalue weighted by Gasteiger charge is -2.14. The average molecular weight is 273 g/mol. The Bertz CT molecular complexity index is 406. The molecule has 1 aromatic carbocycles. The molecule has 0 saturated heterocycles. The van der Waals surface area contributed by atoms with Gasteiger partial charge in [-0.05, 0) is 31.0 Å². The number of ketones is 1. The Morgan fingerprint density at radius 3 is 2.00 bits per heavy atom. The lowest BCUT2D eigenvalue weighted by Crippen LogP contribution is -2.13. The van der Waals surface area contributed by atoms with Gasteiger partial charge in [-0.1, -0.05) is 0 Å². The third kappa shape index (κ3) is 3.29. The first-order valence-electron chi connectivity index (χ1n) is 5.46. The summed E-state index contributed by atoms with van der Waals surface area (Å²) < 4.78 is 15.7. The summed E-state index contributed by atoms with van der Waals surface area (Å²) in [6.45, 7) is 1.47. The summed E-state index contributed by atoms with van der Waals surface area (Å²) in [6.07, 6.45) is 0.424. The fourth-order valence-electron chi connectivity index (χ4n) is 1.60. The van der Waals surface area contributed by atoms with Crippen molar-refractivity contribution in [2.24, 2.45) is 0 Å². The van der Waals surface area contributed by atoms with Crippen LogP contribution in [-0.2, 0) is 11.2 Å². The van der Waals surface area contributed by atoms with Crippen LogP contribution in [0.25, 0.3) is 0 Å². The zero-order valence-corrected chi connectivity index (χ0v) is 11.7. The van der Waals surface area contributed by atoms with Crippen LogP contribution in [-0.4, -0.2) is 32.5 Å². The Labute approximate surface area is 112 Å². The highest BCUT2D eigenvalue weighted by atomic mass is 35.5. The molecule has 0 bridgehead atoms. The smallest absolute Gasteiger partial charge is 0.203 e. The van der Waals surface area contributed by atoms with Crippen LogP contribution in [0.2, 0.25) is 0 Å². The molecule has 18 heavy (non-hydrogen) atoms. The molecule has 0 aliphatic heterocycles. The first kappa shape index (κ1) is 14.6. The second kappa shape index (κ2) is 6.50. The molecule has 0 fully saturated rings. The van der Waals surface area contributed by atoms with Crippen LogP contribution >= 0.6 is 11.6 Å². The number of Topliss-reactive ketones (excluding diaryl/α,β-unsaturated/α-hetero) is 1. The Morgan fingerprint density at radius 2 is 1.67 bits per heavy atom. The van der Waals surface area contributed by atoms with Crippen molar-refractivity contribution in [3.8, 4) is 17.2 Å². The van der Waals surface area contributed by atoms with Crippen LogP contribution in [0, 0.1) is 0 Å². The van der Waals surface area contributed by atoms with Crippen molar-refractivity contribution < 1.29 is 19.0 Å². The predicted octanol–water partition coefficient (Wildman–Crippen LogP) is 2.45. The molecule has 0 aromatic heterocycles. The van der Waals surface area contributed by atoms with Crippen molar-refractivity contribution >= 4 is 17.4 Å². The first-order valence-corrected chi connectivity index (χ1v) is 5.90. The fourth-order valence-corrected chi connectivity index (χ4v) is 1.78. The molecule has 1 rings (SSSR count). The molecule has 0 spiro atoms. The molecule has 0 aliphatic rings. The minimum absolute atomic E-state index is 0.0644. The van der Waals surface area contributed by atoms with Crippen molar-refractivity contribution in [1.82, 2.24) is 0 Å². The van der Waals surface area contributed by atoms with Crippen LogP contribution in [0.5, 0.6) is 17.2 Å². The van der Waals surface area contributed by atoms with Gasteiger partial charge >= 0.3 is 0 Å². The number of benzene rings is 1. The van der Waals surface area contributed by atoms with Gasteiger partial charge in [0, 0.05) is 0 Å². The maximum absolute atomic E-state index is 11.2. The van der Waals surface area contributed by atoms with E-state index in [-0.39, 0.29) is 5.78 Å². The Kier molecular flexibility index (Phi) is 5.28. The van der Waals surface area contributed by atoms with Gasteiger partial charge in [0.15, 0.2) is 11.5 Å². The molecule has 0 radical (unpaired) electrons. The molecule has 5 heteroatoms. The maximum Gasteiger partial charge on any atom is 0.203 e. The van der Waals surface area contributed by atoms with E-state index in [4.69, 9.17) is 25.8 Å². The Morgan fingerprint density at radius 1 is 1.17 bits per heavy atom. The van der Waals surface area contributed by atoms with Crippen LogP contribution in [0.4, 0.5) is 0 Å². The number of carbonyl (C=O) groups excluding carboxylic acids is 1. The standard InChI is InChI=1S/C13H17ClO4/c1-8(15)10(14)5-9-6-11(16-2)13(18-4)12(7-9)17-3/h6-7,10H,5H2,1-4H3. The van der Waals surface area contributed by atoms with Crippen LogP contribution in [0.15, 0.2) is 12.1 Å². The lowest BCUT2D eigenvalue weighted by molar-refractivity contribution is -0.116. The van der Waals surface area contributed by atoms with E-state index >= 15 is 0 Å². The van der Waals surface area contributed by atoms with Gasteiger partial charge in [0.1, 0.15) is 5.78 Å². The van der Waals surface area contributed by atoms with Gasteiger partial charge in [-0.3, -0.25) is 4.79 Å². The molecule has 4 nitrogen and oxygen atoms in total. The molecule has 0 heterocycles. The maximum atomic E-state index is 11.2. The van der Waals surface area contributed by atoms with Gasteiger partial charge < -0.3 is 14.2 Å². The van der Waals surface area contributed by atoms with Crippen molar-refractivity contribution in [2.45, 2.75) is 18.7 Å².